The van der Waals surface area contributed by atoms with Crippen molar-refractivity contribution in [1.29, 1.82) is 0 Å². The molecule has 0 aromatic heterocycles. The number of carbonyl (C=O) groups is 1. The monoisotopic (exact) mass is 256 g/mol. The molecule has 76 valence electrons. The summed E-state index contributed by atoms with van der Waals surface area (Å²) < 4.78 is 0.889. The molecule has 1 aromatic rings. The molecule has 0 atom stereocenters. The molecule has 0 saturated heterocycles. The Labute approximate surface area is 92.1 Å². The molecule has 0 spiro atoms. The summed E-state index contributed by atoms with van der Waals surface area (Å²) in [6, 6.07) is 1.83. The maximum absolute atomic E-state index is 11.0. The van der Waals surface area contributed by atoms with E-state index in [1.54, 1.807) is 6.92 Å². The van der Waals surface area contributed by atoms with Gasteiger partial charge in [0.1, 0.15) is 11.5 Å². The minimum Gasteiger partial charge on any atom is -0.507 e. The van der Waals surface area contributed by atoms with Crippen LogP contribution in [0.15, 0.2) is 10.5 Å². The van der Waals surface area contributed by atoms with Gasteiger partial charge in [0.2, 0.25) is 0 Å². The molecule has 0 aliphatic rings. The molecular weight excluding hydrogens is 244 g/mol. The Kier molecular flexibility index (Phi) is 3.32. The molecule has 2 nitrogen and oxygen atoms in total. The van der Waals surface area contributed by atoms with Gasteiger partial charge in [-0.15, -0.1) is 0 Å². The Bertz CT molecular complexity index is 383. The highest BCUT2D eigenvalue weighted by Gasteiger charge is 2.12. The maximum Gasteiger partial charge on any atom is 0.134 e. The van der Waals surface area contributed by atoms with E-state index in [0.717, 1.165) is 21.2 Å². The summed E-state index contributed by atoms with van der Waals surface area (Å²) in [5.74, 6) is 0.376. The molecule has 0 heterocycles. The Hall–Kier alpha value is -0.830. The number of ketones is 1. The summed E-state index contributed by atoms with van der Waals surface area (Å²) in [5, 5.41) is 9.69. The number of Topliss-reactive ketones (excluding diaryl/α,β-unsaturated/α-hetero) is 1. The Balaban J connectivity index is 3.29. The number of hydrogen-bond acceptors (Lipinski definition) is 2. The third kappa shape index (κ3) is 2.15. The van der Waals surface area contributed by atoms with Crippen LogP contribution in [-0.2, 0) is 11.2 Å². The zero-order valence-corrected chi connectivity index (χ0v) is 10.1. The number of phenols is 1. The summed E-state index contributed by atoms with van der Waals surface area (Å²) in [7, 11) is 0. The first-order valence-electron chi connectivity index (χ1n) is 4.40. The lowest BCUT2D eigenvalue weighted by Gasteiger charge is -2.11. The van der Waals surface area contributed by atoms with Gasteiger partial charge in [-0.1, -0.05) is 15.9 Å². The van der Waals surface area contributed by atoms with E-state index in [9.17, 15) is 9.90 Å². The van der Waals surface area contributed by atoms with Crippen LogP contribution in [0.1, 0.15) is 23.6 Å². The number of phenolic OH excluding ortho intramolecular Hbond substituents is 1. The second-order valence-electron chi connectivity index (χ2n) is 3.51. The molecular formula is C11H13BrO2. The quantitative estimate of drug-likeness (QED) is 0.884. The van der Waals surface area contributed by atoms with Gasteiger partial charge < -0.3 is 5.11 Å². The van der Waals surface area contributed by atoms with Gasteiger partial charge in [-0.3, -0.25) is 4.79 Å². The van der Waals surface area contributed by atoms with Crippen LogP contribution in [0.25, 0.3) is 0 Å². The Morgan fingerprint density at radius 2 is 2.07 bits per heavy atom. The highest BCUT2D eigenvalue weighted by Crippen LogP contribution is 2.31. The summed E-state index contributed by atoms with van der Waals surface area (Å²) in [4.78, 5) is 11.0. The zero-order valence-electron chi connectivity index (χ0n) is 8.52. The van der Waals surface area contributed by atoms with Crippen LogP contribution in [0.5, 0.6) is 5.75 Å². The number of benzene rings is 1. The van der Waals surface area contributed by atoms with Crippen molar-refractivity contribution >= 4 is 21.7 Å². The highest BCUT2D eigenvalue weighted by atomic mass is 79.9. The number of hydrogen-bond donors (Lipinski definition) is 1. The Morgan fingerprint density at radius 3 is 2.57 bits per heavy atom. The van der Waals surface area contributed by atoms with Crippen LogP contribution in [0, 0.1) is 13.8 Å². The van der Waals surface area contributed by atoms with Crippen LogP contribution in [0.2, 0.25) is 0 Å². The summed E-state index contributed by atoms with van der Waals surface area (Å²) in [6.45, 7) is 5.21. The van der Waals surface area contributed by atoms with Crippen molar-refractivity contribution in [3.8, 4) is 5.75 Å². The van der Waals surface area contributed by atoms with Gasteiger partial charge in [0.15, 0.2) is 0 Å². The van der Waals surface area contributed by atoms with Crippen LogP contribution < -0.4 is 0 Å². The second kappa shape index (κ2) is 4.13. The van der Waals surface area contributed by atoms with Crippen molar-refractivity contribution in [3.05, 3.63) is 27.2 Å². The normalized spacial score (nSPS) is 10.3. The number of carbonyl (C=O) groups excluding carboxylic acids is 1. The molecule has 14 heavy (non-hydrogen) atoms. The van der Waals surface area contributed by atoms with Gasteiger partial charge in [0.25, 0.3) is 0 Å². The molecule has 0 amide bonds. The average Bonchev–Trinajstić information content (AvgIpc) is 2.09. The van der Waals surface area contributed by atoms with E-state index in [2.05, 4.69) is 15.9 Å². The fourth-order valence-electron chi connectivity index (χ4n) is 1.43. The molecule has 0 bridgehead atoms. The Morgan fingerprint density at radius 1 is 1.50 bits per heavy atom. The zero-order chi connectivity index (χ0) is 10.9. The number of rotatable bonds is 2. The second-order valence-corrected chi connectivity index (χ2v) is 4.36. The van der Waals surface area contributed by atoms with Gasteiger partial charge in [0.05, 0.1) is 0 Å². The molecule has 0 radical (unpaired) electrons. The standard InChI is InChI=1S/C11H13BrO2/c1-6-4-10(12)9(5-7(2)13)8(3)11(6)14/h4,14H,5H2,1-3H3. The average molecular weight is 257 g/mol. The summed E-state index contributed by atoms with van der Waals surface area (Å²) >= 11 is 3.40. The molecule has 0 saturated carbocycles. The molecule has 0 fully saturated rings. The first-order valence-corrected chi connectivity index (χ1v) is 5.19. The minimum absolute atomic E-state index is 0.0945. The van der Waals surface area contributed by atoms with Crippen molar-refractivity contribution in [2.75, 3.05) is 0 Å². The molecule has 0 aliphatic heterocycles. The molecule has 1 aromatic carbocycles. The van der Waals surface area contributed by atoms with Crippen LogP contribution in [0.4, 0.5) is 0 Å². The van der Waals surface area contributed by atoms with E-state index in [1.807, 2.05) is 19.9 Å². The van der Waals surface area contributed by atoms with Gasteiger partial charge in [0, 0.05) is 10.9 Å². The van der Waals surface area contributed by atoms with Gasteiger partial charge in [-0.05, 0) is 43.5 Å². The third-order valence-electron chi connectivity index (χ3n) is 2.24. The van der Waals surface area contributed by atoms with Crippen molar-refractivity contribution in [3.63, 3.8) is 0 Å². The predicted octanol–water partition coefficient (Wildman–Crippen LogP) is 2.90. The molecule has 0 aliphatic carbocycles. The topological polar surface area (TPSA) is 37.3 Å². The third-order valence-corrected chi connectivity index (χ3v) is 2.95. The van der Waals surface area contributed by atoms with Crippen LogP contribution in [-0.4, -0.2) is 10.9 Å². The van der Waals surface area contributed by atoms with Crippen molar-refractivity contribution in [2.24, 2.45) is 0 Å². The fraction of sp³-hybridized carbons (Fsp3) is 0.364. The number of halogens is 1. The van der Waals surface area contributed by atoms with Crippen molar-refractivity contribution in [1.82, 2.24) is 0 Å². The van der Waals surface area contributed by atoms with Crippen LogP contribution in [0.3, 0.4) is 0 Å². The lowest BCUT2D eigenvalue weighted by atomic mass is 10.0. The fourth-order valence-corrected chi connectivity index (χ4v) is 2.21. The SMILES string of the molecule is CC(=O)Cc1c(Br)cc(C)c(O)c1C. The predicted molar refractivity (Wildman–Crippen MR) is 59.7 cm³/mol. The number of aryl methyl sites for hydroxylation is 1. The van der Waals surface area contributed by atoms with Crippen molar-refractivity contribution in [2.45, 2.75) is 27.2 Å². The molecule has 1 N–H and O–H groups in total. The first kappa shape index (κ1) is 11.2. The van der Waals surface area contributed by atoms with E-state index in [0.29, 0.717) is 6.42 Å². The van der Waals surface area contributed by atoms with Crippen molar-refractivity contribution < 1.29 is 9.90 Å². The highest BCUT2D eigenvalue weighted by molar-refractivity contribution is 9.10. The summed E-state index contributed by atoms with van der Waals surface area (Å²) in [6.07, 6.45) is 0.361. The van der Waals surface area contributed by atoms with Crippen LogP contribution >= 0.6 is 15.9 Å². The maximum atomic E-state index is 11.0. The molecule has 1 rings (SSSR count). The first-order chi connectivity index (χ1) is 6.43. The van der Waals surface area contributed by atoms with E-state index < -0.39 is 0 Å². The van der Waals surface area contributed by atoms with E-state index in [-0.39, 0.29) is 11.5 Å². The van der Waals surface area contributed by atoms with Gasteiger partial charge in [-0.25, -0.2) is 0 Å². The number of aromatic hydroxyl groups is 1. The van der Waals surface area contributed by atoms with E-state index >= 15 is 0 Å². The molecule has 3 heteroatoms. The molecule has 0 unspecified atom stereocenters. The lowest BCUT2D eigenvalue weighted by Crippen LogP contribution is -2.01. The van der Waals surface area contributed by atoms with E-state index in [1.165, 1.54) is 0 Å². The smallest absolute Gasteiger partial charge is 0.134 e. The van der Waals surface area contributed by atoms with Gasteiger partial charge >= 0.3 is 0 Å². The largest absolute Gasteiger partial charge is 0.507 e. The lowest BCUT2D eigenvalue weighted by molar-refractivity contribution is -0.116. The summed E-state index contributed by atoms with van der Waals surface area (Å²) in [5.41, 5.74) is 2.48. The van der Waals surface area contributed by atoms with Gasteiger partial charge in [-0.2, -0.15) is 0 Å². The minimum atomic E-state index is 0.0945. The van der Waals surface area contributed by atoms with E-state index in [4.69, 9.17) is 0 Å².